The van der Waals surface area contributed by atoms with Crippen molar-refractivity contribution in [2.75, 3.05) is 6.61 Å². The Morgan fingerprint density at radius 1 is 0.850 bits per heavy atom. The van der Waals surface area contributed by atoms with E-state index in [0.29, 0.717) is 0 Å². The first-order valence-corrected chi connectivity index (χ1v) is 6.51. The van der Waals surface area contributed by atoms with Crippen LogP contribution in [0.1, 0.15) is 19.8 Å². The zero-order valence-corrected chi connectivity index (χ0v) is 11.5. The maximum absolute atomic E-state index is 9.09. The van der Waals surface area contributed by atoms with Crippen molar-refractivity contribution in [3.63, 3.8) is 0 Å². The highest BCUT2D eigenvalue weighted by Gasteiger charge is 1.93. The first-order valence-electron chi connectivity index (χ1n) is 6.51. The molecule has 0 radical (unpaired) electrons. The van der Waals surface area contributed by atoms with E-state index in [-0.39, 0.29) is 17.2 Å². The molecule has 0 aliphatic rings. The minimum absolute atomic E-state index is 0.0880. The Labute approximate surface area is 118 Å². The molecular formula is C16H20O4. The molecule has 2 aromatic carbocycles. The van der Waals surface area contributed by atoms with Gasteiger partial charge in [-0.1, -0.05) is 25.5 Å². The summed E-state index contributed by atoms with van der Waals surface area (Å²) < 4.78 is 5.37. The number of rotatable bonds is 4. The van der Waals surface area contributed by atoms with Crippen molar-refractivity contribution in [3.05, 3.63) is 48.5 Å². The molecule has 20 heavy (non-hydrogen) atoms. The van der Waals surface area contributed by atoms with Crippen molar-refractivity contribution in [1.82, 2.24) is 0 Å². The van der Waals surface area contributed by atoms with Gasteiger partial charge in [0, 0.05) is 12.1 Å². The van der Waals surface area contributed by atoms with Gasteiger partial charge in [0.15, 0.2) is 0 Å². The topological polar surface area (TPSA) is 69.9 Å². The van der Waals surface area contributed by atoms with Gasteiger partial charge in [-0.05, 0) is 30.7 Å². The van der Waals surface area contributed by atoms with Crippen LogP contribution >= 0.6 is 0 Å². The highest BCUT2D eigenvalue weighted by Crippen LogP contribution is 2.17. The summed E-state index contributed by atoms with van der Waals surface area (Å²) >= 11 is 0. The third-order valence-electron chi connectivity index (χ3n) is 2.41. The SMILES string of the molecule is CCCCOc1cccc(O)c1.Oc1cccc(O)c1. The molecule has 0 amide bonds. The largest absolute Gasteiger partial charge is 0.508 e. The van der Waals surface area contributed by atoms with E-state index in [2.05, 4.69) is 6.92 Å². The van der Waals surface area contributed by atoms with Crippen molar-refractivity contribution in [3.8, 4) is 23.0 Å². The van der Waals surface area contributed by atoms with E-state index in [1.165, 1.54) is 18.2 Å². The van der Waals surface area contributed by atoms with Crippen molar-refractivity contribution < 1.29 is 20.1 Å². The number of hydrogen-bond donors (Lipinski definition) is 3. The average Bonchev–Trinajstić information content (AvgIpc) is 2.39. The molecule has 0 aliphatic heterocycles. The fraction of sp³-hybridized carbons (Fsp3) is 0.250. The van der Waals surface area contributed by atoms with Crippen LogP contribution in [0.3, 0.4) is 0 Å². The second-order valence-electron chi connectivity index (χ2n) is 4.22. The Bertz CT molecular complexity index is 494. The summed E-state index contributed by atoms with van der Waals surface area (Å²) in [6.45, 7) is 2.84. The van der Waals surface area contributed by atoms with E-state index < -0.39 is 0 Å². The predicted octanol–water partition coefficient (Wildman–Crippen LogP) is 3.67. The molecule has 108 valence electrons. The summed E-state index contributed by atoms with van der Waals surface area (Å²) in [7, 11) is 0. The normalized spacial score (nSPS) is 9.45. The van der Waals surface area contributed by atoms with E-state index in [0.717, 1.165) is 25.2 Å². The molecule has 0 atom stereocenters. The second kappa shape index (κ2) is 8.69. The third-order valence-corrected chi connectivity index (χ3v) is 2.41. The average molecular weight is 276 g/mol. The third kappa shape index (κ3) is 6.54. The number of ether oxygens (including phenoxy) is 1. The van der Waals surface area contributed by atoms with Gasteiger partial charge in [0.05, 0.1) is 6.61 Å². The molecule has 0 aromatic heterocycles. The predicted molar refractivity (Wildman–Crippen MR) is 78.3 cm³/mol. The summed E-state index contributed by atoms with van der Waals surface area (Å²) in [5.74, 6) is 1.17. The summed E-state index contributed by atoms with van der Waals surface area (Å²) in [5, 5.41) is 26.4. The molecule has 0 bridgehead atoms. The Morgan fingerprint density at radius 2 is 1.40 bits per heavy atom. The van der Waals surface area contributed by atoms with Crippen molar-refractivity contribution >= 4 is 0 Å². The van der Waals surface area contributed by atoms with Crippen LogP contribution in [-0.2, 0) is 0 Å². The summed E-state index contributed by atoms with van der Waals surface area (Å²) in [6, 6.07) is 12.7. The van der Waals surface area contributed by atoms with Gasteiger partial charge >= 0.3 is 0 Å². The van der Waals surface area contributed by atoms with Crippen molar-refractivity contribution in [2.24, 2.45) is 0 Å². The number of benzene rings is 2. The van der Waals surface area contributed by atoms with E-state index >= 15 is 0 Å². The number of phenols is 3. The Hall–Kier alpha value is -2.36. The molecule has 0 aliphatic carbocycles. The molecule has 3 N–H and O–H groups in total. The van der Waals surface area contributed by atoms with Gasteiger partial charge in [-0.3, -0.25) is 0 Å². The zero-order valence-electron chi connectivity index (χ0n) is 11.5. The summed E-state index contributed by atoms with van der Waals surface area (Å²) in [6.07, 6.45) is 2.18. The first-order chi connectivity index (χ1) is 9.61. The van der Waals surface area contributed by atoms with Crippen molar-refractivity contribution in [2.45, 2.75) is 19.8 Å². The van der Waals surface area contributed by atoms with E-state index in [9.17, 15) is 0 Å². The molecule has 4 nitrogen and oxygen atoms in total. The molecule has 0 saturated carbocycles. The first kappa shape index (κ1) is 15.7. The van der Waals surface area contributed by atoms with Crippen LogP contribution < -0.4 is 4.74 Å². The summed E-state index contributed by atoms with van der Waals surface area (Å²) in [4.78, 5) is 0. The fourth-order valence-electron chi connectivity index (χ4n) is 1.40. The van der Waals surface area contributed by atoms with Gasteiger partial charge in [-0.2, -0.15) is 0 Å². The van der Waals surface area contributed by atoms with Crippen LogP contribution in [0.25, 0.3) is 0 Å². The highest BCUT2D eigenvalue weighted by molar-refractivity contribution is 5.31. The van der Waals surface area contributed by atoms with Crippen LogP contribution in [0, 0.1) is 0 Å². The van der Waals surface area contributed by atoms with Gasteiger partial charge in [0.25, 0.3) is 0 Å². The Balaban J connectivity index is 0.000000217. The maximum atomic E-state index is 9.09. The quantitative estimate of drug-likeness (QED) is 0.745. The molecule has 4 heteroatoms. The lowest BCUT2D eigenvalue weighted by Gasteiger charge is -2.04. The van der Waals surface area contributed by atoms with Crippen LogP contribution in [0.2, 0.25) is 0 Å². The maximum Gasteiger partial charge on any atom is 0.122 e. The smallest absolute Gasteiger partial charge is 0.122 e. The molecular weight excluding hydrogens is 256 g/mol. The zero-order chi connectivity index (χ0) is 14.8. The lowest BCUT2D eigenvalue weighted by atomic mass is 10.3. The van der Waals surface area contributed by atoms with Gasteiger partial charge in [0.2, 0.25) is 0 Å². The van der Waals surface area contributed by atoms with Gasteiger partial charge in [-0.15, -0.1) is 0 Å². The molecule has 2 aromatic rings. The molecule has 0 spiro atoms. The van der Waals surface area contributed by atoms with E-state index in [1.54, 1.807) is 24.3 Å². The molecule has 0 heterocycles. The molecule has 0 unspecified atom stereocenters. The molecule has 2 rings (SSSR count). The number of unbranched alkanes of at least 4 members (excludes halogenated alkanes) is 1. The van der Waals surface area contributed by atoms with E-state index in [1.807, 2.05) is 6.07 Å². The lowest BCUT2D eigenvalue weighted by Crippen LogP contribution is -1.95. The molecule has 0 fully saturated rings. The Morgan fingerprint density at radius 3 is 1.85 bits per heavy atom. The Kier molecular flexibility index (Phi) is 6.82. The van der Waals surface area contributed by atoms with Crippen LogP contribution in [-0.4, -0.2) is 21.9 Å². The van der Waals surface area contributed by atoms with Gasteiger partial charge in [-0.25, -0.2) is 0 Å². The van der Waals surface area contributed by atoms with E-state index in [4.69, 9.17) is 20.1 Å². The lowest BCUT2D eigenvalue weighted by molar-refractivity contribution is 0.307. The van der Waals surface area contributed by atoms with Crippen molar-refractivity contribution in [1.29, 1.82) is 0 Å². The highest BCUT2D eigenvalue weighted by atomic mass is 16.5. The molecule has 0 saturated heterocycles. The van der Waals surface area contributed by atoms with Crippen LogP contribution in [0.4, 0.5) is 0 Å². The van der Waals surface area contributed by atoms with Gasteiger partial charge in [0.1, 0.15) is 23.0 Å². The number of phenolic OH excluding ortho intramolecular Hbond substituents is 3. The standard InChI is InChI=1S/C10H14O2.C6H6O2/c1-2-3-7-12-10-6-4-5-9(11)8-10;7-5-2-1-3-6(8)4-5/h4-6,8,11H,2-3,7H2,1H3;1-4,7-8H. The van der Waals surface area contributed by atoms with Gasteiger partial charge < -0.3 is 20.1 Å². The monoisotopic (exact) mass is 276 g/mol. The minimum atomic E-state index is 0.0880. The minimum Gasteiger partial charge on any atom is -0.508 e. The number of aromatic hydroxyl groups is 3. The summed E-state index contributed by atoms with van der Waals surface area (Å²) in [5.41, 5.74) is 0. The fourth-order valence-corrected chi connectivity index (χ4v) is 1.40. The second-order valence-corrected chi connectivity index (χ2v) is 4.22. The number of hydrogen-bond acceptors (Lipinski definition) is 4. The van der Waals surface area contributed by atoms with Crippen LogP contribution in [0.5, 0.6) is 23.0 Å². The van der Waals surface area contributed by atoms with Crippen LogP contribution in [0.15, 0.2) is 48.5 Å².